The normalized spacial score (nSPS) is 11.5. The fraction of sp³-hybridized carbons (Fsp3) is 0.500. The molecule has 102 valence electrons. The van der Waals surface area contributed by atoms with Crippen LogP contribution < -0.4 is 9.88 Å². The maximum absolute atomic E-state index is 10.6. The van der Waals surface area contributed by atoms with Gasteiger partial charge in [-0.2, -0.15) is 0 Å². The molecule has 0 saturated heterocycles. The average Bonchev–Trinajstić information content (AvgIpc) is 2.26. The number of hydrogen-bond donors (Lipinski definition) is 1. The summed E-state index contributed by atoms with van der Waals surface area (Å²) in [6.45, 7) is 4.78. The minimum Gasteiger partial charge on any atom is -0.491 e. The lowest BCUT2D eigenvalue weighted by molar-refractivity contribution is 0.111. The van der Waals surface area contributed by atoms with Crippen molar-refractivity contribution in [2.75, 3.05) is 25.6 Å². The van der Waals surface area contributed by atoms with Crippen LogP contribution in [0.5, 0.6) is 5.75 Å². The van der Waals surface area contributed by atoms with E-state index in [0.717, 1.165) is 16.9 Å². The van der Waals surface area contributed by atoms with Crippen LogP contribution in [0.3, 0.4) is 0 Å². The maximum atomic E-state index is 10.6. The lowest BCUT2D eigenvalue weighted by Gasteiger charge is -2.10. The molecule has 1 rings (SSSR count). The van der Waals surface area contributed by atoms with Gasteiger partial charge in [0.2, 0.25) is 10.0 Å². The Morgan fingerprint density at radius 1 is 1.17 bits per heavy atom. The lowest BCUT2D eigenvalue weighted by atomic mass is 10.1. The van der Waals surface area contributed by atoms with E-state index in [1.165, 1.54) is 0 Å². The molecule has 0 aromatic heterocycles. The van der Waals surface area contributed by atoms with Crippen LogP contribution in [0.2, 0.25) is 0 Å². The third kappa shape index (κ3) is 6.00. The number of primary sulfonamides is 1. The zero-order chi connectivity index (χ0) is 13.6. The molecule has 2 N–H and O–H groups in total. The van der Waals surface area contributed by atoms with Gasteiger partial charge in [-0.15, -0.1) is 0 Å². The number of sulfonamides is 1. The number of hydrogen-bond acceptors (Lipinski definition) is 4. The van der Waals surface area contributed by atoms with Gasteiger partial charge in [-0.25, -0.2) is 13.6 Å². The summed E-state index contributed by atoms with van der Waals surface area (Å²) >= 11 is 0. The Hall–Kier alpha value is -1.11. The van der Waals surface area contributed by atoms with Crippen molar-refractivity contribution < 1.29 is 17.9 Å². The second-order valence-corrected chi connectivity index (χ2v) is 5.83. The van der Waals surface area contributed by atoms with E-state index < -0.39 is 10.0 Å². The average molecular weight is 273 g/mol. The van der Waals surface area contributed by atoms with Gasteiger partial charge < -0.3 is 9.47 Å². The predicted molar refractivity (Wildman–Crippen MR) is 70.2 cm³/mol. The van der Waals surface area contributed by atoms with Crippen molar-refractivity contribution in [1.82, 2.24) is 0 Å². The predicted octanol–water partition coefficient (Wildman–Crippen LogP) is 0.987. The van der Waals surface area contributed by atoms with E-state index in [2.05, 4.69) is 0 Å². The van der Waals surface area contributed by atoms with Crippen LogP contribution in [-0.4, -0.2) is 34.0 Å². The quantitative estimate of drug-likeness (QED) is 0.751. The van der Waals surface area contributed by atoms with Crippen molar-refractivity contribution >= 4 is 10.0 Å². The highest BCUT2D eigenvalue weighted by atomic mass is 32.2. The number of nitrogens with two attached hydrogens (primary N) is 1. The Bertz CT molecular complexity index is 485. The fourth-order valence-corrected chi connectivity index (χ4v) is 1.70. The Morgan fingerprint density at radius 3 is 2.56 bits per heavy atom. The highest BCUT2D eigenvalue weighted by Crippen LogP contribution is 2.18. The third-order valence-electron chi connectivity index (χ3n) is 2.34. The largest absolute Gasteiger partial charge is 0.491 e. The SMILES string of the molecule is Cc1ccc(C)c(OCCOCCS(N)(=O)=O)c1. The van der Waals surface area contributed by atoms with Crippen LogP contribution in [0, 0.1) is 13.8 Å². The smallest absolute Gasteiger partial charge is 0.211 e. The first-order valence-corrected chi connectivity index (χ1v) is 7.38. The van der Waals surface area contributed by atoms with Crippen LogP contribution in [0.15, 0.2) is 18.2 Å². The summed E-state index contributed by atoms with van der Waals surface area (Å²) in [6.07, 6.45) is 0. The summed E-state index contributed by atoms with van der Waals surface area (Å²) in [7, 11) is -3.44. The van der Waals surface area contributed by atoms with E-state index in [1.54, 1.807) is 0 Å². The number of benzene rings is 1. The molecule has 0 atom stereocenters. The van der Waals surface area contributed by atoms with Gasteiger partial charge >= 0.3 is 0 Å². The zero-order valence-electron chi connectivity index (χ0n) is 10.7. The second kappa shape index (κ2) is 6.72. The van der Waals surface area contributed by atoms with Gasteiger partial charge in [-0.1, -0.05) is 12.1 Å². The fourth-order valence-electron chi connectivity index (χ4n) is 1.35. The molecule has 1 aromatic carbocycles. The topological polar surface area (TPSA) is 78.6 Å². The van der Waals surface area contributed by atoms with Crippen LogP contribution in [0.4, 0.5) is 0 Å². The third-order valence-corrected chi connectivity index (χ3v) is 3.08. The van der Waals surface area contributed by atoms with Gasteiger partial charge in [-0.3, -0.25) is 0 Å². The van der Waals surface area contributed by atoms with Crippen molar-refractivity contribution in [3.05, 3.63) is 29.3 Å². The number of aryl methyl sites for hydroxylation is 2. The molecule has 18 heavy (non-hydrogen) atoms. The molecule has 0 saturated carbocycles. The minimum absolute atomic E-state index is 0.0923. The summed E-state index contributed by atoms with van der Waals surface area (Å²) in [6, 6.07) is 5.97. The van der Waals surface area contributed by atoms with Crippen LogP contribution in [0.1, 0.15) is 11.1 Å². The van der Waals surface area contributed by atoms with Gasteiger partial charge in [0, 0.05) is 0 Å². The second-order valence-electron chi connectivity index (χ2n) is 4.10. The van der Waals surface area contributed by atoms with Gasteiger partial charge in [-0.05, 0) is 31.0 Å². The van der Waals surface area contributed by atoms with Crippen LogP contribution in [0.25, 0.3) is 0 Å². The first-order valence-electron chi connectivity index (χ1n) is 5.67. The van der Waals surface area contributed by atoms with Gasteiger partial charge in [0.05, 0.1) is 19.0 Å². The molecule has 0 amide bonds. The first kappa shape index (κ1) is 14.9. The van der Waals surface area contributed by atoms with E-state index >= 15 is 0 Å². The van der Waals surface area contributed by atoms with Crippen molar-refractivity contribution in [3.63, 3.8) is 0 Å². The summed E-state index contributed by atoms with van der Waals surface area (Å²) in [5.74, 6) is 0.654. The van der Waals surface area contributed by atoms with Crippen LogP contribution in [-0.2, 0) is 14.8 Å². The molecule has 0 aliphatic rings. The van der Waals surface area contributed by atoms with Gasteiger partial charge in [0.15, 0.2) is 0 Å². The molecule has 0 spiro atoms. The highest BCUT2D eigenvalue weighted by molar-refractivity contribution is 7.89. The first-order chi connectivity index (χ1) is 8.38. The molecule has 0 aliphatic heterocycles. The molecule has 6 heteroatoms. The molecule has 0 bridgehead atoms. The maximum Gasteiger partial charge on any atom is 0.211 e. The molecular weight excluding hydrogens is 254 g/mol. The van der Waals surface area contributed by atoms with Crippen molar-refractivity contribution in [3.8, 4) is 5.75 Å². The van der Waals surface area contributed by atoms with Gasteiger partial charge in [0.1, 0.15) is 12.4 Å². The summed E-state index contributed by atoms with van der Waals surface area (Å²) in [4.78, 5) is 0. The molecule has 0 aliphatic carbocycles. The molecule has 1 aromatic rings. The van der Waals surface area contributed by atoms with E-state index in [1.807, 2.05) is 32.0 Å². The standard InChI is InChI=1S/C12H19NO4S/c1-10-3-4-11(2)12(9-10)17-6-5-16-7-8-18(13,14)15/h3-4,9H,5-8H2,1-2H3,(H2,13,14,15). The summed E-state index contributed by atoms with van der Waals surface area (Å²) < 4.78 is 31.9. The number of ether oxygens (including phenoxy) is 2. The summed E-state index contributed by atoms with van der Waals surface area (Å²) in [5, 5.41) is 4.84. The Morgan fingerprint density at radius 2 is 1.89 bits per heavy atom. The molecule has 0 radical (unpaired) electrons. The molecule has 5 nitrogen and oxygen atoms in total. The Labute approximate surface area is 108 Å². The Kier molecular flexibility index (Phi) is 5.58. The van der Waals surface area contributed by atoms with E-state index in [-0.39, 0.29) is 12.4 Å². The van der Waals surface area contributed by atoms with Crippen molar-refractivity contribution in [2.45, 2.75) is 13.8 Å². The van der Waals surface area contributed by atoms with Crippen molar-refractivity contribution in [2.24, 2.45) is 5.14 Å². The Balaban J connectivity index is 2.24. The molecule has 0 fully saturated rings. The monoisotopic (exact) mass is 273 g/mol. The molecule has 0 heterocycles. The van der Waals surface area contributed by atoms with Gasteiger partial charge in [0.25, 0.3) is 0 Å². The van der Waals surface area contributed by atoms with Crippen LogP contribution >= 0.6 is 0 Å². The minimum atomic E-state index is -3.44. The molecular formula is C12H19NO4S. The number of rotatable bonds is 7. The lowest BCUT2D eigenvalue weighted by Crippen LogP contribution is -2.21. The molecule has 0 unspecified atom stereocenters. The zero-order valence-corrected chi connectivity index (χ0v) is 11.5. The van der Waals surface area contributed by atoms with E-state index in [4.69, 9.17) is 14.6 Å². The van der Waals surface area contributed by atoms with E-state index in [0.29, 0.717) is 13.2 Å². The van der Waals surface area contributed by atoms with E-state index in [9.17, 15) is 8.42 Å². The van der Waals surface area contributed by atoms with Crippen molar-refractivity contribution in [1.29, 1.82) is 0 Å². The highest BCUT2D eigenvalue weighted by Gasteiger charge is 2.02. The summed E-state index contributed by atoms with van der Waals surface area (Å²) in [5.41, 5.74) is 2.19.